The summed E-state index contributed by atoms with van der Waals surface area (Å²) in [5, 5.41) is 0. The van der Waals surface area contributed by atoms with E-state index in [1.54, 1.807) is 6.92 Å². The van der Waals surface area contributed by atoms with Crippen molar-refractivity contribution in [1.82, 2.24) is 0 Å². The van der Waals surface area contributed by atoms with E-state index in [9.17, 15) is 4.79 Å². The van der Waals surface area contributed by atoms with Gasteiger partial charge in [0.2, 0.25) is 0 Å². The Kier molecular flexibility index (Phi) is 3.03. The first-order valence-electron chi connectivity index (χ1n) is 3.57. The van der Waals surface area contributed by atoms with Gasteiger partial charge in [0.15, 0.2) is 5.78 Å². The van der Waals surface area contributed by atoms with Crippen LogP contribution >= 0.6 is 22.6 Å². The van der Waals surface area contributed by atoms with Crippen molar-refractivity contribution in [3.05, 3.63) is 45.6 Å². The lowest BCUT2D eigenvalue weighted by Crippen LogP contribution is -1.98. The van der Waals surface area contributed by atoms with Crippen LogP contribution in [0.3, 0.4) is 0 Å². The van der Waals surface area contributed by atoms with Crippen molar-refractivity contribution in [1.29, 1.82) is 0 Å². The van der Waals surface area contributed by atoms with Crippen molar-refractivity contribution >= 4 is 28.4 Å². The Balaban J connectivity index is 2.98. The fourth-order valence-electron chi connectivity index (χ4n) is 0.848. The van der Waals surface area contributed by atoms with Crippen LogP contribution in [0.2, 0.25) is 0 Å². The van der Waals surface area contributed by atoms with Crippen molar-refractivity contribution in [2.24, 2.45) is 0 Å². The maximum atomic E-state index is 11.4. The maximum Gasteiger partial charge on any atom is 0.188 e. The number of rotatable bonds is 2. The molecule has 1 aromatic rings. The molecule has 2 heteroatoms. The third-order valence-electron chi connectivity index (χ3n) is 1.49. The number of Topliss-reactive ketones (excluding diaryl/α,β-unsaturated/α-hetero) is 1. The van der Waals surface area contributed by atoms with Gasteiger partial charge in [-0.2, -0.15) is 0 Å². The van der Waals surface area contributed by atoms with E-state index in [4.69, 9.17) is 0 Å². The summed E-state index contributed by atoms with van der Waals surface area (Å²) in [5.74, 6) is 0.0198. The lowest BCUT2D eigenvalue weighted by Gasteiger charge is -1.98. The summed E-state index contributed by atoms with van der Waals surface area (Å²) >= 11 is 2.20. The van der Waals surface area contributed by atoms with Crippen LogP contribution in [-0.2, 0) is 0 Å². The van der Waals surface area contributed by atoms with E-state index in [0.29, 0.717) is 11.1 Å². The number of carbonyl (C=O) groups is 1. The van der Waals surface area contributed by atoms with Crippen molar-refractivity contribution < 1.29 is 4.79 Å². The van der Waals surface area contributed by atoms with Gasteiger partial charge in [-0.3, -0.25) is 4.79 Å². The van der Waals surface area contributed by atoms with E-state index < -0.39 is 0 Å². The Bertz CT molecular complexity index is 311. The molecular weight excluding hydrogens is 263 g/mol. The molecule has 0 saturated carbocycles. The van der Waals surface area contributed by atoms with Crippen molar-refractivity contribution in [2.75, 3.05) is 0 Å². The molecule has 0 atom stereocenters. The van der Waals surface area contributed by atoms with E-state index in [0.717, 1.165) is 3.57 Å². The highest BCUT2D eigenvalue weighted by Gasteiger charge is 2.04. The van der Waals surface area contributed by atoms with Gasteiger partial charge >= 0.3 is 0 Å². The minimum absolute atomic E-state index is 0.0198. The highest BCUT2D eigenvalue weighted by molar-refractivity contribution is 14.1. The second-order valence-corrected chi connectivity index (χ2v) is 3.86. The second kappa shape index (κ2) is 3.85. The zero-order chi connectivity index (χ0) is 9.14. The average molecular weight is 272 g/mol. The molecule has 0 aliphatic rings. The summed E-state index contributed by atoms with van der Waals surface area (Å²) in [6.07, 6.45) is 0. The van der Waals surface area contributed by atoms with Gasteiger partial charge in [0.1, 0.15) is 0 Å². The summed E-state index contributed by atoms with van der Waals surface area (Å²) < 4.78 is 1.13. The maximum absolute atomic E-state index is 11.4. The van der Waals surface area contributed by atoms with Crippen molar-refractivity contribution in [3.8, 4) is 0 Å². The van der Waals surface area contributed by atoms with Gasteiger partial charge in [-0.25, -0.2) is 0 Å². The normalized spacial score (nSPS) is 9.50. The molecule has 0 N–H and O–H groups in total. The van der Waals surface area contributed by atoms with Gasteiger partial charge in [-0.15, -0.1) is 0 Å². The quantitative estimate of drug-likeness (QED) is 0.459. The monoisotopic (exact) mass is 272 g/mol. The summed E-state index contributed by atoms with van der Waals surface area (Å²) in [6.45, 7) is 5.32. The van der Waals surface area contributed by atoms with E-state index in [1.165, 1.54) is 0 Å². The third kappa shape index (κ3) is 2.17. The predicted molar refractivity (Wildman–Crippen MR) is 58.3 cm³/mol. The highest BCUT2D eigenvalue weighted by atomic mass is 127. The fourth-order valence-corrected chi connectivity index (χ4v) is 1.21. The Morgan fingerprint density at radius 3 is 2.25 bits per heavy atom. The van der Waals surface area contributed by atoms with Crippen LogP contribution < -0.4 is 0 Å². The number of hydrogen-bond donors (Lipinski definition) is 0. The molecular formula is C10H9IO. The smallest absolute Gasteiger partial charge is 0.188 e. The molecule has 0 amide bonds. The van der Waals surface area contributed by atoms with E-state index in [-0.39, 0.29) is 5.78 Å². The van der Waals surface area contributed by atoms with Crippen LogP contribution in [0.25, 0.3) is 0 Å². The molecule has 0 heterocycles. The number of halogens is 1. The third-order valence-corrected chi connectivity index (χ3v) is 2.21. The van der Waals surface area contributed by atoms with E-state index in [2.05, 4.69) is 29.2 Å². The largest absolute Gasteiger partial charge is 0.289 e. The van der Waals surface area contributed by atoms with Gasteiger partial charge in [0.05, 0.1) is 0 Å². The van der Waals surface area contributed by atoms with Crippen molar-refractivity contribution in [2.45, 2.75) is 6.92 Å². The Morgan fingerprint density at radius 1 is 1.33 bits per heavy atom. The van der Waals surface area contributed by atoms with Crippen molar-refractivity contribution in [3.63, 3.8) is 0 Å². The number of hydrogen-bond acceptors (Lipinski definition) is 1. The molecule has 0 aliphatic carbocycles. The summed E-state index contributed by atoms with van der Waals surface area (Å²) in [6, 6.07) is 7.46. The number of carbonyl (C=O) groups excluding carboxylic acids is 1. The molecule has 62 valence electrons. The number of ketones is 1. The molecule has 1 rings (SSSR count). The van der Waals surface area contributed by atoms with Gasteiger partial charge in [0.25, 0.3) is 0 Å². The van der Waals surface area contributed by atoms with Crippen LogP contribution in [0.4, 0.5) is 0 Å². The van der Waals surface area contributed by atoms with E-state index in [1.807, 2.05) is 24.3 Å². The molecule has 0 saturated heterocycles. The minimum atomic E-state index is 0.0198. The molecule has 0 fully saturated rings. The van der Waals surface area contributed by atoms with E-state index >= 15 is 0 Å². The molecule has 12 heavy (non-hydrogen) atoms. The summed E-state index contributed by atoms with van der Waals surface area (Å²) in [5.41, 5.74) is 1.29. The molecule has 0 aromatic heterocycles. The van der Waals surface area contributed by atoms with Gasteiger partial charge in [-0.05, 0) is 47.2 Å². The Hall–Kier alpha value is -0.640. The van der Waals surface area contributed by atoms with Gasteiger partial charge in [-0.1, -0.05) is 18.7 Å². The van der Waals surface area contributed by atoms with Crippen LogP contribution in [0, 0.1) is 3.57 Å². The number of allylic oxidation sites excluding steroid dienone is 1. The second-order valence-electron chi connectivity index (χ2n) is 2.62. The van der Waals surface area contributed by atoms with Gasteiger partial charge in [0, 0.05) is 9.13 Å². The molecule has 0 bridgehead atoms. The summed E-state index contributed by atoms with van der Waals surface area (Å²) in [4.78, 5) is 11.4. The zero-order valence-corrected chi connectivity index (χ0v) is 8.96. The number of benzene rings is 1. The topological polar surface area (TPSA) is 17.1 Å². The molecule has 0 aliphatic heterocycles. The predicted octanol–water partition coefficient (Wildman–Crippen LogP) is 3.05. The minimum Gasteiger partial charge on any atom is -0.289 e. The Labute approximate surface area is 85.6 Å². The van der Waals surface area contributed by atoms with Crippen LogP contribution in [0.1, 0.15) is 17.3 Å². The van der Waals surface area contributed by atoms with Crippen LogP contribution in [0.5, 0.6) is 0 Å². The average Bonchev–Trinajstić information content (AvgIpc) is 2.04. The lowest BCUT2D eigenvalue weighted by atomic mass is 10.1. The fraction of sp³-hybridized carbons (Fsp3) is 0.100. The first kappa shape index (κ1) is 9.45. The standard InChI is InChI=1S/C10H9IO/c1-7(2)10(12)8-3-5-9(11)6-4-8/h3-6H,1H2,2H3. The molecule has 0 radical (unpaired) electrons. The summed E-state index contributed by atoms with van der Waals surface area (Å²) in [7, 11) is 0. The molecule has 0 unspecified atom stereocenters. The SMILES string of the molecule is C=C(C)C(=O)c1ccc(I)cc1. The zero-order valence-electron chi connectivity index (χ0n) is 6.80. The van der Waals surface area contributed by atoms with Crippen LogP contribution in [-0.4, -0.2) is 5.78 Å². The lowest BCUT2D eigenvalue weighted by molar-refractivity contribution is 0.103. The Morgan fingerprint density at radius 2 is 1.83 bits per heavy atom. The van der Waals surface area contributed by atoms with Crippen LogP contribution in [0.15, 0.2) is 36.4 Å². The molecule has 0 spiro atoms. The first-order chi connectivity index (χ1) is 5.61. The first-order valence-corrected chi connectivity index (χ1v) is 4.65. The highest BCUT2D eigenvalue weighted by Crippen LogP contribution is 2.09. The molecule has 1 aromatic carbocycles. The van der Waals surface area contributed by atoms with Gasteiger partial charge < -0.3 is 0 Å². The molecule has 1 nitrogen and oxygen atoms in total.